The van der Waals surface area contributed by atoms with Crippen LogP contribution < -0.4 is 5.32 Å². The average molecular weight is 390 g/mol. The van der Waals surface area contributed by atoms with Crippen LogP contribution in [0.4, 0.5) is 5.82 Å². The predicted molar refractivity (Wildman–Crippen MR) is 109 cm³/mol. The van der Waals surface area contributed by atoms with E-state index < -0.39 is 0 Å². The lowest BCUT2D eigenvalue weighted by atomic mass is 10.1. The first-order chi connectivity index (χ1) is 12.9. The Morgan fingerprint density at radius 1 is 1.19 bits per heavy atom. The molecule has 1 N–H and O–H groups in total. The van der Waals surface area contributed by atoms with Crippen molar-refractivity contribution in [3.05, 3.63) is 47.1 Å². The molecule has 1 fully saturated rings. The van der Waals surface area contributed by atoms with Gasteiger partial charge >= 0.3 is 0 Å². The Hall–Kier alpha value is -1.89. The maximum absolute atomic E-state index is 12.7. The van der Waals surface area contributed by atoms with Crippen molar-refractivity contribution in [3.8, 4) is 0 Å². The summed E-state index contributed by atoms with van der Waals surface area (Å²) in [4.78, 5) is 17.3. The van der Waals surface area contributed by atoms with Crippen LogP contribution in [0.2, 0.25) is 5.02 Å². The minimum Gasteiger partial charge on any atom is -0.310 e. The summed E-state index contributed by atoms with van der Waals surface area (Å²) in [6.07, 6.45) is 1.72. The SMILES string of the molecule is CC(C)n1nccc1NC(=O)[C@H](C)N1CCN(Cc2cccc(Cl)c2)CC1. The molecule has 1 aliphatic heterocycles. The summed E-state index contributed by atoms with van der Waals surface area (Å²) in [6.45, 7) is 10.6. The van der Waals surface area contributed by atoms with E-state index in [1.807, 2.05) is 49.7 Å². The second kappa shape index (κ2) is 8.87. The molecule has 1 aromatic heterocycles. The van der Waals surface area contributed by atoms with Gasteiger partial charge in [-0.3, -0.25) is 14.6 Å². The van der Waals surface area contributed by atoms with Crippen LogP contribution in [0.1, 0.15) is 32.4 Å². The van der Waals surface area contributed by atoms with Gasteiger partial charge in [0.15, 0.2) is 0 Å². The number of piperazine rings is 1. The monoisotopic (exact) mass is 389 g/mol. The van der Waals surface area contributed by atoms with Gasteiger partial charge in [-0.2, -0.15) is 5.10 Å². The third kappa shape index (κ3) is 5.09. The van der Waals surface area contributed by atoms with Crippen LogP contribution in [-0.2, 0) is 11.3 Å². The van der Waals surface area contributed by atoms with E-state index in [4.69, 9.17) is 11.6 Å². The van der Waals surface area contributed by atoms with E-state index in [0.29, 0.717) is 0 Å². The van der Waals surface area contributed by atoms with Crippen LogP contribution in [0.25, 0.3) is 0 Å². The zero-order valence-electron chi connectivity index (χ0n) is 16.2. The Bertz CT molecular complexity index is 767. The van der Waals surface area contributed by atoms with Gasteiger partial charge in [-0.1, -0.05) is 23.7 Å². The highest BCUT2D eigenvalue weighted by atomic mass is 35.5. The molecule has 1 atom stereocenters. The number of anilines is 1. The van der Waals surface area contributed by atoms with E-state index in [9.17, 15) is 4.79 Å². The first-order valence-corrected chi connectivity index (χ1v) is 9.87. The molecule has 0 bridgehead atoms. The largest absolute Gasteiger partial charge is 0.310 e. The third-order valence-corrected chi connectivity index (χ3v) is 5.28. The minimum absolute atomic E-state index is 0.0145. The number of amides is 1. The molecule has 2 aromatic rings. The Kier molecular flexibility index (Phi) is 6.52. The summed E-state index contributed by atoms with van der Waals surface area (Å²) in [6, 6.07) is 9.88. The Labute approximate surface area is 166 Å². The quantitative estimate of drug-likeness (QED) is 0.823. The number of hydrogen-bond acceptors (Lipinski definition) is 4. The normalized spacial score (nSPS) is 17.2. The van der Waals surface area contributed by atoms with E-state index in [-0.39, 0.29) is 18.0 Å². The fourth-order valence-electron chi connectivity index (χ4n) is 3.42. The molecule has 27 heavy (non-hydrogen) atoms. The van der Waals surface area contributed by atoms with Crippen molar-refractivity contribution in [1.82, 2.24) is 19.6 Å². The highest BCUT2D eigenvalue weighted by Crippen LogP contribution is 2.17. The van der Waals surface area contributed by atoms with Gasteiger partial charge in [-0.15, -0.1) is 0 Å². The lowest BCUT2D eigenvalue weighted by Gasteiger charge is -2.37. The van der Waals surface area contributed by atoms with E-state index >= 15 is 0 Å². The second-order valence-electron chi connectivity index (χ2n) is 7.36. The molecule has 1 saturated heterocycles. The first kappa shape index (κ1) is 19.9. The summed E-state index contributed by atoms with van der Waals surface area (Å²) < 4.78 is 1.83. The van der Waals surface area contributed by atoms with Crippen LogP contribution in [0, 0.1) is 0 Å². The van der Waals surface area contributed by atoms with Crippen LogP contribution in [0.5, 0.6) is 0 Å². The summed E-state index contributed by atoms with van der Waals surface area (Å²) in [5.74, 6) is 0.766. The molecule has 0 radical (unpaired) electrons. The number of nitrogens with zero attached hydrogens (tertiary/aromatic N) is 4. The topological polar surface area (TPSA) is 53.4 Å². The van der Waals surface area contributed by atoms with Crippen molar-refractivity contribution >= 4 is 23.3 Å². The fraction of sp³-hybridized carbons (Fsp3) is 0.500. The van der Waals surface area contributed by atoms with Crippen LogP contribution >= 0.6 is 11.6 Å². The second-order valence-corrected chi connectivity index (χ2v) is 7.80. The molecule has 2 heterocycles. The zero-order chi connectivity index (χ0) is 19.4. The van der Waals surface area contributed by atoms with Crippen LogP contribution in [-0.4, -0.2) is 57.7 Å². The Morgan fingerprint density at radius 3 is 2.59 bits per heavy atom. The van der Waals surface area contributed by atoms with Gasteiger partial charge in [0.25, 0.3) is 0 Å². The number of halogens is 1. The number of aromatic nitrogens is 2. The van der Waals surface area contributed by atoms with E-state index in [0.717, 1.165) is 43.6 Å². The number of nitrogens with one attached hydrogen (secondary N) is 1. The number of carbonyl (C=O) groups is 1. The molecule has 1 aliphatic rings. The van der Waals surface area contributed by atoms with E-state index in [1.165, 1.54) is 5.56 Å². The molecule has 6 nitrogen and oxygen atoms in total. The predicted octanol–water partition coefficient (Wildman–Crippen LogP) is 3.26. The smallest absolute Gasteiger partial charge is 0.242 e. The van der Waals surface area contributed by atoms with Crippen LogP contribution in [0.15, 0.2) is 36.5 Å². The summed E-state index contributed by atoms with van der Waals surface area (Å²) >= 11 is 6.07. The van der Waals surface area contributed by atoms with Crippen molar-refractivity contribution in [2.24, 2.45) is 0 Å². The van der Waals surface area contributed by atoms with Crippen LogP contribution in [0.3, 0.4) is 0 Å². The number of rotatable bonds is 6. The van der Waals surface area contributed by atoms with Gasteiger partial charge in [-0.25, -0.2) is 4.68 Å². The van der Waals surface area contributed by atoms with Crippen molar-refractivity contribution in [3.63, 3.8) is 0 Å². The lowest BCUT2D eigenvalue weighted by Crippen LogP contribution is -2.52. The van der Waals surface area contributed by atoms with Gasteiger partial charge in [0.1, 0.15) is 5.82 Å². The number of benzene rings is 1. The maximum atomic E-state index is 12.7. The van der Waals surface area contributed by atoms with Gasteiger partial charge in [0, 0.05) is 49.9 Å². The van der Waals surface area contributed by atoms with Crippen molar-refractivity contribution < 1.29 is 4.79 Å². The first-order valence-electron chi connectivity index (χ1n) is 9.49. The van der Waals surface area contributed by atoms with E-state index in [1.54, 1.807) is 6.20 Å². The minimum atomic E-state index is -0.172. The third-order valence-electron chi connectivity index (χ3n) is 5.04. The van der Waals surface area contributed by atoms with Gasteiger partial charge < -0.3 is 5.32 Å². The van der Waals surface area contributed by atoms with Crippen molar-refractivity contribution in [1.29, 1.82) is 0 Å². The molecular formula is C20H28ClN5O. The van der Waals surface area contributed by atoms with Crippen molar-refractivity contribution in [2.45, 2.75) is 39.4 Å². The molecule has 0 spiro atoms. The van der Waals surface area contributed by atoms with Gasteiger partial charge in [0.05, 0.1) is 12.2 Å². The summed E-state index contributed by atoms with van der Waals surface area (Å²) in [5.41, 5.74) is 1.23. The summed E-state index contributed by atoms with van der Waals surface area (Å²) in [7, 11) is 0. The molecular weight excluding hydrogens is 362 g/mol. The average Bonchev–Trinajstić information content (AvgIpc) is 3.10. The Balaban J connectivity index is 1.51. The molecule has 146 valence electrons. The number of hydrogen-bond donors (Lipinski definition) is 1. The molecule has 0 saturated carbocycles. The standard InChI is InChI=1S/C20H28ClN5O/c1-15(2)26-19(7-8-22-26)23-20(27)16(3)25-11-9-24(10-12-25)14-17-5-4-6-18(21)13-17/h4-8,13,15-16H,9-12,14H2,1-3H3,(H,23,27)/t16-/m0/s1. The van der Waals surface area contributed by atoms with Gasteiger partial charge in [0.2, 0.25) is 5.91 Å². The summed E-state index contributed by atoms with van der Waals surface area (Å²) in [5, 5.41) is 8.06. The highest BCUT2D eigenvalue weighted by molar-refractivity contribution is 6.30. The molecule has 1 aromatic carbocycles. The molecule has 7 heteroatoms. The number of carbonyl (C=O) groups excluding carboxylic acids is 1. The maximum Gasteiger partial charge on any atom is 0.242 e. The fourth-order valence-corrected chi connectivity index (χ4v) is 3.64. The molecule has 3 rings (SSSR count). The molecule has 0 unspecified atom stereocenters. The molecule has 1 amide bonds. The van der Waals surface area contributed by atoms with E-state index in [2.05, 4.69) is 26.3 Å². The zero-order valence-corrected chi connectivity index (χ0v) is 17.0. The Morgan fingerprint density at radius 2 is 1.93 bits per heavy atom. The van der Waals surface area contributed by atoms with Gasteiger partial charge in [-0.05, 0) is 38.5 Å². The molecule has 0 aliphatic carbocycles. The van der Waals surface area contributed by atoms with Crippen molar-refractivity contribution in [2.75, 3.05) is 31.5 Å². The highest BCUT2D eigenvalue weighted by Gasteiger charge is 2.26. The lowest BCUT2D eigenvalue weighted by molar-refractivity contribution is -0.121.